The number of carbonyl (C=O) groups excluding carboxylic acids is 2. The number of nitrogens with one attached hydrogen (secondary N) is 1. The van der Waals surface area contributed by atoms with Gasteiger partial charge in [0, 0.05) is 38.8 Å². The van der Waals surface area contributed by atoms with E-state index in [1.54, 1.807) is 0 Å². The molecule has 1 fully saturated rings. The molecule has 2 rings (SSSR count). The molecule has 2 aliphatic rings. The Morgan fingerprint density at radius 1 is 1.07 bits per heavy atom. The summed E-state index contributed by atoms with van der Waals surface area (Å²) >= 11 is 12.1. The molecule has 2 atom stereocenters. The molecular formula is C18H26Cl2N18O3. The van der Waals surface area contributed by atoms with Gasteiger partial charge in [-0.25, -0.2) is 20.7 Å². The number of hydrazine groups is 2. The zero-order valence-electron chi connectivity index (χ0n) is 21.4. The number of rotatable bonds is 13. The minimum atomic E-state index is -1.70. The Labute approximate surface area is 242 Å². The second-order valence-corrected chi connectivity index (χ2v) is 9.47. The van der Waals surface area contributed by atoms with Crippen molar-refractivity contribution in [3.05, 3.63) is 64.8 Å². The molecule has 23 heteroatoms. The van der Waals surface area contributed by atoms with Crippen molar-refractivity contribution >= 4 is 35.2 Å². The predicted octanol–water partition coefficient (Wildman–Crippen LogP) is 2.95. The maximum absolute atomic E-state index is 13.3. The summed E-state index contributed by atoms with van der Waals surface area (Å²) in [6.45, 7) is -1.45. The van der Waals surface area contributed by atoms with Gasteiger partial charge < -0.3 is 15.0 Å². The van der Waals surface area contributed by atoms with E-state index in [0.717, 1.165) is 5.01 Å². The van der Waals surface area contributed by atoms with E-state index in [1.807, 2.05) is 0 Å². The number of azide groups is 4. The number of allylic oxidation sites excluding steroid dienone is 1. The third-order valence-electron chi connectivity index (χ3n) is 6.09. The van der Waals surface area contributed by atoms with Crippen molar-refractivity contribution in [1.29, 1.82) is 0 Å². The van der Waals surface area contributed by atoms with Gasteiger partial charge in [-0.3, -0.25) is 10.6 Å². The van der Waals surface area contributed by atoms with Gasteiger partial charge in [-0.05, 0) is 47.1 Å². The molecule has 5 N–H and O–H groups in total. The van der Waals surface area contributed by atoms with Crippen LogP contribution < -0.4 is 17.0 Å². The van der Waals surface area contributed by atoms with Crippen molar-refractivity contribution < 1.29 is 14.3 Å². The molecule has 2 heterocycles. The van der Waals surface area contributed by atoms with Crippen LogP contribution in [-0.4, -0.2) is 89.4 Å². The second-order valence-electron chi connectivity index (χ2n) is 8.63. The van der Waals surface area contributed by atoms with E-state index in [0.29, 0.717) is 0 Å². The normalized spacial score (nSPS) is 18.9. The molecule has 2 aliphatic heterocycles. The molecule has 0 spiro atoms. The number of dihydropyridines is 1. The Kier molecular flexibility index (Phi) is 12.9. The van der Waals surface area contributed by atoms with E-state index in [-0.39, 0.29) is 43.3 Å². The monoisotopic (exact) mass is 612 g/mol. The summed E-state index contributed by atoms with van der Waals surface area (Å²) in [6.07, 6.45) is 2.67. The summed E-state index contributed by atoms with van der Waals surface area (Å²) < 4.78 is 5.51. The van der Waals surface area contributed by atoms with Crippen molar-refractivity contribution in [2.75, 3.05) is 39.3 Å². The Balaban J connectivity index is 2.14. The number of carbonyl (C=O) groups is 2. The topological polar surface area (TPSA) is 312 Å². The standard InChI is InChI=1S/C18H26Cl2N18O3/c19-14-2-1-12(15(20)31-14)38(26)16(39)13(7-27-32-21)37(25)11-3-5-36(6-4-11)17(40)41-18(8-28-33-22,9-29-34-23)10-30-35-24/h1-2,11,13-14,31H,3-10,25-26H2/t13-,14?/m1/s1. The quantitative estimate of drug-likeness (QED) is 0.0407. The number of nitrogens with two attached hydrogens (primary N) is 2. The molecule has 2 amide bonds. The second kappa shape index (κ2) is 16.1. The Hall–Kier alpha value is -4.28. The Morgan fingerprint density at radius 3 is 2.10 bits per heavy atom. The zero-order valence-corrected chi connectivity index (χ0v) is 22.9. The highest BCUT2D eigenvalue weighted by molar-refractivity contribution is 6.31. The maximum Gasteiger partial charge on any atom is 0.410 e. The van der Waals surface area contributed by atoms with Crippen molar-refractivity contribution in [2.45, 2.75) is 36.0 Å². The molecule has 0 radical (unpaired) electrons. The Morgan fingerprint density at radius 2 is 1.61 bits per heavy atom. The molecule has 1 unspecified atom stereocenters. The van der Waals surface area contributed by atoms with Crippen molar-refractivity contribution in [1.82, 2.24) is 20.2 Å². The van der Waals surface area contributed by atoms with Crippen LogP contribution in [0.15, 0.2) is 43.5 Å². The van der Waals surface area contributed by atoms with E-state index >= 15 is 0 Å². The molecule has 0 bridgehead atoms. The fourth-order valence-corrected chi connectivity index (χ4v) is 4.46. The molecule has 41 heavy (non-hydrogen) atoms. The van der Waals surface area contributed by atoms with Crippen LogP contribution in [0, 0.1) is 0 Å². The van der Waals surface area contributed by atoms with Crippen LogP contribution in [-0.2, 0) is 9.53 Å². The first-order chi connectivity index (χ1) is 19.6. The SMILES string of the molecule is [N-]=[N+]=NC[C@H](C(=O)N(N)C1=C(Cl)NC(Cl)C=C1)N(N)C1CCN(C(=O)OC(CN=[N+]=[N-])(CN=[N+]=[N-])CN=[N+]=[N-])CC1. The number of alkyl halides is 1. The number of ether oxygens (including phenoxy) is 1. The lowest BCUT2D eigenvalue weighted by atomic mass is 10.0. The summed E-state index contributed by atoms with van der Waals surface area (Å²) in [5.41, 5.74) is 32.8. The van der Waals surface area contributed by atoms with Gasteiger partial charge in [-0.1, -0.05) is 43.7 Å². The molecule has 0 saturated carbocycles. The van der Waals surface area contributed by atoms with Crippen LogP contribution in [0.4, 0.5) is 4.79 Å². The maximum atomic E-state index is 13.3. The van der Waals surface area contributed by atoms with Crippen molar-refractivity contribution in [2.24, 2.45) is 32.1 Å². The van der Waals surface area contributed by atoms with Crippen LogP contribution >= 0.6 is 23.2 Å². The summed E-state index contributed by atoms with van der Waals surface area (Å²) in [4.78, 5) is 38.1. The third-order valence-corrected chi connectivity index (χ3v) is 6.64. The van der Waals surface area contributed by atoms with Crippen LogP contribution in [0.3, 0.4) is 0 Å². The van der Waals surface area contributed by atoms with E-state index in [9.17, 15) is 9.59 Å². The van der Waals surface area contributed by atoms with E-state index in [4.69, 9.17) is 61.7 Å². The summed E-state index contributed by atoms with van der Waals surface area (Å²) in [5.74, 6) is 11.6. The van der Waals surface area contributed by atoms with Gasteiger partial charge in [0.25, 0.3) is 5.91 Å². The molecule has 1 saturated heterocycles. The highest BCUT2D eigenvalue weighted by Gasteiger charge is 2.38. The smallest absolute Gasteiger partial charge is 0.410 e. The van der Waals surface area contributed by atoms with Gasteiger partial charge in [-0.15, -0.1) is 0 Å². The highest BCUT2D eigenvalue weighted by Crippen LogP contribution is 2.23. The Bertz CT molecular complexity index is 1170. The first-order valence-corrected chi connectivity index (χ1v) is 12.6. The fourth-order valence-electron chi connectivity index (χ4n) is 3.95. The van der Waals surface area contributed by atoms with E-state index in [1.165, 1.54) is 22.1 Å². The minimum Gasteiger partial charge on any atom is -0.442 e. The molecule has 220 valence electrons. The fraction of sp³-hybridized carbons (Fsp3) is 0.667. The number of hydrogen-bond acceptors (Lipinski definition) is 11. The average molecular weight is 613 g/mol. The third kappa shape index (κ3) is 9.12. The van der Waals surface area contributed by atoms with E-state index < -0.39 is 54.8 Å². The molecular weight excluding hydrogens is 587 g/mol. The van der Waals surface area contributed by atoms with Crippen LogP contribution in [0.5, 0.6) is 0 Å². The lowest BCUT2D eigenvalue weighted by molar-refractivity contribution is -0.136. The van der Waals surface area contributed by atoms with Crippen LogP contribution in [0.1, 0.15) is 12.8 Å². The first-order valence-electron chi connectivity index (χ1n) is 11.7. The van der Waals surface area contributed by atoms with Gasteiger partial charge in [0.15, 0.2) is 0 Å². The number of nitrogens with zero attached hydrogens (tertiary/aromatic N) is 15. The molecule has 0 aromatic heterocycles. The molecule has 0 aliphatic carbocycles. The average Bonchev–Trinajstić information content (AvgIpc) is 2.97. The van der Waals surface area contributed by atoms with Gasteiger partial charge in [0.2, 0.25) is 0 Å². The van der Waals surface area contributed by atoms with E-state index in [2.05, 4.69) is 45.4 Å². The number of amides is 2. The number of halogens is 2. The van der Waals surface area contributed by atoms with Gasteiger partial charge in [0.05, 0.1) is 31.9 Å². The van der Waals surface area contributed by atoms with Gasteiger partial charge in [-0.2, -0.15) is 0 Å². The lowest BCUT2D eigenvalue weighted by Gasteiger charge is -2.40. The zero-order chi connectivity index (χ0) is 30.4. The molecule has 21 nitrogen and oxygen atoms in total. The highest BCUT2D eigenvalue weighted by atomic mass is 35.5. The van der Waals surface area contributed by atoms with Crippen molar-refractivity contribution in [3.8, 4) is 0 Å². The van der Waals surface area contributed by atoms with Gasteiger partial charge >= 0.3 is 6.09 Å². The lowest BCUT2D eigenvalue weighted by Crippen LogP contribution is -2.60. The summed E-state index contributed by atoms with van der Waals surface area (Å²) in [5, 5.41) is 18.4. The van der Waals surface area contributed by atoms with Gasteiger partial charge in [0.1, 0.15) is 22.3 Å². The largest absolute Gasteiger partial charge is 0.442 e. The number of hydrogen-bond donors (Lipinski definition) is 3. The first kappa shape index (κ1) is 32.9. The van der Waals surface area contributed by atoms with Crippen LogP contribution in [0.25, 0.3) is 41.8 Å². The predicted molar refractivity (Wildman–Crippen MR) is 146 cm³/mol. The number of likely N-dealkylation sites (tertiary alicyclic amines) is 1. The van der Waals surface area contributed by atoms with Crippen LogP contribution in [0.2, 0.25) is 0 Å². The number of piperidine rings is 1. The van der Waals surface area contributed by atoms with Crippen molar-refractivity contribution in [3.63, 3.8) is 0 Å². The minimum absolute atomic E-state index is 0.0266. The molecule has 0 aromatic carbocycles. The molecule has 0 aromatic rings. The summed E-state index contributed by atoms with van der Waals surface area (Å²) in [6, 6.07) is -1.63. The summed E-state index contributed by atoms with van der Waals surface area (Å²) in [7, 11) is 0.